The molecule has 0 radical (unpaired) electrons. The maximum Gasteiger partial charge on any atom is 0.276 e. The van der Waals surface area contributed by atoms with Crippen LogP contribution in [0.2, 0.25) is 0 Å². The third-order valence-corrected chi connectivity index (χ3v) is 3.08. The van der Waals surface area contributed by atoms with Crippen LogP contribution in [0.1, 0.15) is 34.1 Å². The van der Waals surface area contributed by atoms with Crippen LogP contribution < -0.4 is 10.1 Å². The number of rotatable bonds is 4. The maximum atomic E-state index is 12.2. The first-order valence-corrected chi connectivity index (χ1v) is 6.87. The fourth-order valence-corrected chi connectivity index (χ4v) is 2.22. The van der Waals surface area contributed by atoms with Crippen molar-refractivity contribution in [3.63, 3.8) is 0 Å². The fraction of sp³-hybridized carbons (Fsp3) is 0.312. The SMILES string of the molecule is CCOc1ccc(C(=O)Nc2c(C)cc(C)cc2C)nn1. The average molecular weight is 285 g/mol. The molecule has 110 valence electrons. The van der Waals surface area contributed by atoms with E-state index in [0.717, 1.165) is 16.8 Å². The van der Waals surface area contributed by atoms with Gasteiger partial charge in [-0.25, -0.2) is 0 Å². The highest BCUT2D eigenvalue weighted by Crippen LogP contribution is 2.22. The highest BCUT2D eigenvalue weighted by atomic mass is 16.5. The minimum atomic E-state index is -0.277. The highest BCUT2D eigenvalue weighted by molar-refractivity contribution is 6.03. The van der Waals surface area contributed by atoms with Gasteiger partial charge in [0.25, 0.3) is 5.91 Å². The van der Waals surface area contributed by atoms with E-state index in [1.165, 1.54) is 5.56 Å². The van der Waals surface area contributed by atoms with Crippen LogP contribution in [-0.2, 0) is 0 Å². The van der Waals surface area contributed by atoms with Crippen LogP contribution in [0, 0.1) is 20.8 Å². The van der Waals surface area contributed by atoms with Crippen LogP contribution >= 0.6 is 0 Å². The van der Waals surface area contributed by atoms with Crippen molar-refractivity contribution in [2.24, 2.45) is 0 Å². The molecule has 1 amide bonds. The van der Waals surface area contributed by atoms with E-state index in [4.69, 9.17) is 4.74 Å². The zero-order valence-corrected chi connectivity index (χ0v) is 12.7. The summed E-state index contributed by atoms with van der Waals surface area (Å²) in [6.45, 7) is 8.36. The van der Waals surface area contributed by atoms with E-state index in [1.54, 1.807) is 12.1 Å². The Morgan fingerprint density at radius 1 is 1.14 bits per heavy atom. The Morgan fingerprint density at radius 3 is 2.33 bits per heavy atom. The molecule has 0 aliphatic rings. The highest BCUT2D eigenvalue weighted by Gasteiger charge is 2.12. The van der Waals surface area contributed by atoms with Crippen LogP contribution in [0.4, 0.5) is 5.69 Å². The molecule has 1 heterocycles. The van der Waals surface area contributed by atoms with Gasteiger partial charge < -0.3 is 10.1 Å². The van der Waals surface area contributed by atoms with Crippen molar-refractivity contribution in [3.05, 3.63) is 46.6 Å². The standard InChI is InChI=1S/C16H19N3O2/c1-5-21-14-7-6-13(18-19-14)16(20)17-15-11(3)8-10(2)9-12(15)4/h6-9H,5H2,1-4H3,(H,17,20). The normalized spacial score (nSPS) is 10.3. The minimum absolute atomic E-state index is 0.262. The monoisotopic (exact) mass is 285 g/mol. The van der Waals surface area contributed by atoms with Gasteiger partial charge >= 0.3 is 0 Å². The number of carbonyl (C=O) groups is 1. The van der Waals surface area contributed by atoms with Crippen molar-refractivity contribution in [2.75, 3.05) is 11.9 Å². The van der Waals surface area contributed by atoms with Gasteiger partial charge in [-0.1, -0.05) is 17.7 Å². The Morgan fingerprint density at radius 2 is 1.81 bits per heavy atom. The second-order valence-electron chi connectivity index (χ2n) is 4.92. The molecule has 0 unspecified atom stereocenters. The van der Waals surface area contributed by atoms with E-state index in [9.17, 15) is 4.79 Å². The van der Waals surface area contributed by atoms with E-state index in [1.807, 2.05) is 39.8 Å². The molecule has 0 aliphatic heterocycles. The van der Waals surface area contributed by atoms with Crippen LogP contribution in [0.25, 0.3) is 0 Å². The lowest BCUT2D eigenvalue weighted by atomic mass is 10.1. The van der Waals surface area contributed by atoms with Crippen molar-refractivity contribution in [1.82, 2.24) is 10.2 Å². The van der Waals surface area contributed by atoms with E-state index in [0.29, 0.717) is 12.5 Å². The number of nitrogens with one attached hydrogen (secondary N) is 1. The Kier molecular flexibility index (Phi) is 4.52. The third kappa shape index (κ3) is 3.56. The summed E-state index contributed by atoms with van der Waals surface area (Å²) in [6, 6.07) is 7.31. The summed E-state index contributed by atoms with van der Waals surface area (Å²) in [7, 11) is 0. The summed E-state index contributed by atoms with van der Waals surface area (Å²) in [5.41, 5.74) is 4.31. The molecule has 21 heavy (non-hydrogen) atoms. The number of nitrogens with zero attached hydrogens (tertiary/aromatic N) is 2. The summed E-state index contributed by atoms with van der Waals surface area (Å²) in [6.07, 6.45) is 0. The molecular weight excluding hydrogens is 266 g/mol. The minimum Gasteiger partial charge on any atom is -0.477 e. The summed E-state index contributed by atoms with van der Waals surface area (Å²) in [5, 5.41) is 10.6. The van der Waals surface area contributed by atoms with Gasteiger partial charge in [-0.15, -0.1) is 10.2 Å². The summed E-state index contributed by atoms with van der Waals surface area (Å²) in [5.74, 6) is 0.136. The van der Waals surface area contributed by atoms with Crippen LogP contribution in [0.3, 0.4) is 0 Å². The number of benzene rings is 1. The predicted octanol–water partition coefficient (Wildman–Crippen LogP) is 3.05. The topological polar surface area (TPSA) is 64.1 Å². The summed E-state index contributed by atoms with van der Waals surface area (Å²) in [4.78, 5) is 12.2. The first kappa shape index (κ1) is 15.0. The van der Waals surface area contributed by atoms with Crippen LogP contribution in [0.5, 0.6) is 5.88 Å². The molecule has 0 bridgehead atoms. The molecule has 0 aliphatic carbocycles. The van der Waals surface area contributed by atoms with Gasteiger partial charge in [0.15, 0.2) is 5.69 Å². The quantitative estimate of drug-likeness (QED) is 0.937. The van der Waals surface area contributed by atoms with Gasteiger partial charge in [-0.3, -0.25) is 4.79 Å². The van der Waals surface area contributed by atoms with Gasteiger partial charge in [0.2, 0.25) is 5.88 Å². The van der Waals surface area contributed by atoms with E-state index in [-0.39, 0.29) is 11.6 Å². The Balaban J connectivity index is 2.18. The lowest BCUT2D eigenvalue weighted by molar-refractivity contribution is 0.102. The molecule has 1 aromatic heterocycles. The molecule has 0 atom stereocenters. The fourth-order valence-electron chi connectivity index (χ4n) is 2.22. The van der Waals surface area contributed by atoms with E-state index >= 15 is 0 Å². The second-order valence-corrected chi connectivity index (χ2v) is 4.92. The molecule has 0 saturated carbocycles. The first-order chi connectivity index (χ1) is 10.0. The molecule has 5 nitrogen and oxygen atoms in total. The largest absolute Gasteiger partial charge is 0.477 e. The van der Waals surface area contributed by atoms with Crippen molar-refractivity contribution >= 4 is 11.6 Å². The number of anilines is 1. The van der Waals surface area contributed by atoms with Crippen molar-refractivity contribution < 1.29 is 9.53 Å². The van der Waals surface area contributed by atoms with Gasteiger partial charge in [0.05, 0.1) is 6.61 Å². The zero-order chi connectivity index (χ0) is 15.4. The van der Waals surface area contributed by atoms with Crippen LogP contribution in [-0.4, -0.2) is 22.7 Å². The molecule has 1 aromatic carbocycles. The molecule has 2 rings (SSSR count). The Bertz CT molecular complexity index is 628. The Hall–Kier alpha value is -2.43. The molecule has 0 saturated heterocycles. The molecule has 0 spiro atoms. The lowest BCUT2D eigenvalue weighted by Crippen LogP contribution is -2.16. The van der Waals surface area contributed by atoms with E-state index < -0.39 is 0 Å². The molecule has 5 heteroatoms. The average Bonchev–Trinajstić information content (AvgIpc) is 2.43. The number of aromatic nitrogens is 2. The second kappa shape index (κ2) is 6.35. The number of amides is 1. The zero-order valence-electron chi connectivity index (χ0n) is 12.7. The van der Waals surface area contributed by atoms with Gasteiger partial charge in [-0.05, 0) is 44.9 Å². The molecular formula is C16H19N3O2. The number of carbonyl (C=O) groups excluding carboxylic acids is 1. The molecule has 0 fully saturated rings. The Labute approximate surface area is 124 Å². The third-order valence-electron chi connectivity index (χ3n) is 3.08. The van der Waals surface area contributed by atoms with Crippen molar-refractivity contribution in [1.29, 1.82) is 0 Å². The van der Waals surface area contributed by atoms with Crippen LogP contribution in [0.15, 0.2) is 24.3 Å². The molecule has 1 N–H and O–H groups in total. The van der Waals surface area contributed by atoms with Crippen molar-refractivity contribution in [3.8, 4) is 5.88 Å². The first-order valence-electron chi connectivity index (χ1n) is 6.87. The van der Waals surface area contributed by atoms with Crippen molar-refractivity contribution in [2.45, 2.75) is 27.7 Å². The number of hydrogen-bond donors (Lipinski definition) is 1. The smallest absolute Gasteiger partial charge is 0.276 e. The maximum absolute atomic E-state index is 12.2. The lowest BCUT2D eigenvalue weighted by Gasteiger charge is -2.12. The summed E-state index contributed by atoms with van der Waals surface area (Å²) < 4.78 is 5.20. The summed E-state index contributed by atoms with van der Waals surface area (Å²) >= 11 is 0. The predicted molar refractivity (Wildman–Crippen MR) is 81.8 cm³/mol. The van der Waals surface area contributed by atoms with Gasteiger partial charge in [0, 0.05) is 11.8 Å². The number of ether oxygens (including phenoxy) is 1. The number of aryl methyl sites for hydroxylation is 3. The van der Waals surface area contributed by atoms with E-state index in [2.05, 4.69) is 15.5 Å². The number of hydrogen-bond acceptors (Lipinski definition) is 4. The van der Waals surface area contributed by atoms with Gasteiger partial charge in [0.1, 0.15) is 0 Å². The molecule has 2 aromatic rings. The van der Waals surface area contributed by atoms with Gasteiger partial charge in [-0.2, -0.15) is 0 Å².